The SMILES string of the molecule is COC(=O)c1c(-c2ccc(-c3ccc(F)cc3)cc2)nn(-c2ccccc2)c1C(=O)OC. The lowest BCUT2D eigenvalue weighted by Crippen LogP contribution is -2.15. The van der Waals surface area contributed by atoms with Crippen molar-refractivity contribution in [1.29, 1.82) is 0 Å². The molecule has 1 aromatic heterocycles. The summed E-state index contributed by atoms with van der Waals surface area (Å²) in [6.45, 7) is 0. The lowest BCUT2D eigenvalue weighted by atomic mass is 10.0. The maximum Gasteiger partial charge on any atom is 0.357 e. The van der Waals surface area contributed by atoms with Crippen molar-refractivity contribution in [3.8, 4) is 28.1 Å². The van der Waals surface area contributed by atoms with Crippen molar-refractivity contribution in [2.75, 3.05) is 14.2 Å². The second kappa shape index (κ2) is 8.85. The molecule has 0 unspecified atom stereocenters. The van der Waals surface area contributed by atoms with E-state index in [0.717, 1.165) is 11.1 Å². The number of hydrogen-bond donors (Lipinski definition) is 0. The number of hydrogen-bond acceptors (Lipinski definition) is 5. The minimum absolute atomic E-state index is 0.0118. The van der Waals surface area contributed by atoms with E-state index in [2.05, 4.69) is 5.10 Å². The third kappa shape index (κ3) is 3.88. The highest BCUT2D eigenvalue weighted by Crippen LogP contribution is 2.31. The zero-order chi connectivity index (χ0) is 22.7. The largest absolute Gasteiger partial charge is 0.465 e. The number of nitrogens with zero attached hydrogens (tertiary/aromatic N) is 2. The molecule has 7 heteroatoms. The second-order valence-electron chi connectivity index (χ2n) is 6.89. The normalized spacial score (nSPS) is 10.6. The van der Waals surface area contributed by atoms with Gasteiger partial charge in [0.25, 0.3) is 0 Å². The van der Waals surface area contributed by atoms with Gasteiger partial charge in [0.15, 0.2) is 5.69 Å². The molecule has 0 aliphatic carbocycles. The first-order chi connectivity index (χ1) is 15.5. The number of para-hydroxylation sites is 1. The summed E-state index contributed by atoms with van der Waals surface area (Å²) in [5.41, 5.74) is 3.18. The summed E-state index contributed by atoms with van der Waals surface area (Å²) in [7, 11) is 2.48. The van der Waals surface area contributed by atoms with E-state index < -0.39 is 11.9 Å². The van der Waals surface area contributed by atoms with Crippen LogP contribution in [0.25, 0.3) is 28.1 Å². The van der Waals surface area contributed by atoms with Gasteiger partial charge in [-0.25, -0.2) is 18.7 Å². The molecular weight excluding hydrogens is 411 g/mol. The summed E-state index contributed by atoms with van der Waals surface area (Å²) in [6, 6.07) is 22.4. The van der Waals surface area contributed by atoms with Crippen LogP contribution in [-0.2, 0) is 9.47 Å². The Morgan fingerprint density at radius 3 is 1.84 bits per heavy atom. The molecule has 0 atom stereocenters. The highest BCUT2D eigenvalue weighted by Gasteiger charge is 2.31. The third-order valence-corrected chi connectivity index (χ3v) is 4.99. The fourth-order valence-electron chi connectivity index (χ4n) is 3.42. The van der Waals surface area contributed by atoms with E-state index in [4.69, 9.17) is 9.47 Å². The average molecular weight is 430 g/mol. The number of aromatic nitrogens is 2. The molecule has 0 amide bonds. The van der Waals surface area contributed by atoms with Crippen LogP contribution in [0.4, 0.5) is 4.39 Å². The fraction of sp³-hybridized carbons (Fsp3) is 0.0800. The molecule has 4 aromatic rings. The van der Waals surface area contributed by atoms with Gasteiger partial charge in [-0.05, 0) is 35.4 Å². The van der Waals surface area contributed by atoms with Crippen molar-refractivity contribution in [3.63, 3.8) is 0 Å². The number of esters is 2. The van der Waals surface area contributed by atoms with Crippen LogP contribution in [0.1, 0.15) is 20.8 Å². The van der Waals surface area contributed by atoms with E-state index >= 15 is 0 Å². The topological polar surface area (TPSA) is 70.4 Å². The molecular formula is C25H19FN2O4. The predicted octanol–water partition coefficient (Wildman–Crippen LogP) is 4.92. The van der Waals surface area contributed by atoms with Crippen LogP contribution in [0.5, 0.6) is 0 Å². The van der Waals surface area contributed by atoms with Crippen molar-refractivity contribution < 1.29 is 23.5 Å². The van der Waals surface area contributed by atoms with E-state index in [1.807, 2.05) is 18.2 Å². The lowest BCUT2D eigenvalue weighted by molar-refractivity contribution is 0.0549. The molecule has 3 aromatic carbocycles. The van der Waals surface area contributed by atoms with Crippen molar-refractivity contribution in [1.82, 2.24) is 9.78 Å². The van der Waals surface area contributed by atoms with Crippen molar-refractivity contribution >= 4 is 11.9 Å². The Kier molecular flexibility index (Phi) is 5.81. The van der Waals surface area contributed by atoms with Gasteiger partial charge >= 0.3 is 11.9 Å². The van der Waals surface area contributed by atoms with Crippen molar-refractivity contribution in [3.05, 3.63) is 95.9 Å². The van der Waals surface area contributed by atoms with Gasteiger partial charge in [-0.15, -0.1) is 0 Å². The predicted molar refractivity (Wildman–Crippen MR) is 117 cm³/mol. The van der Waals surface area contributed by atoms with Crippen LogP contribution in [-0.4, -0.2) is 35.9 Å². The smallest absolute Gasteiger partial charge is 0.357 e. The molecule has 0 radical (unpaired) electrons. The number of carbonyl (C=O) groups excluding carboxylic acids is 2. The number of benzene rings is 3. The van der Waals surface area contributed by atoms with Crippen LogP contribution in [0.3, 0.4) is 0 Å². The minimum atomic E-state index is -0.712. The fourth-order valence-corrected chi connectivity index (χ4v) is 3.42. The van der Waals surface area contributed by atoms with Gasteiger partial charge in [-0.2, -0.15) is 5.10 Å². The molecule has 32 heavy (non-hydrogen) atoms. The average Bonchev–Trinajstić information content (AvgIpc) is 3.25. The molecule has 0 spiro atoms. The van der Waals surface area contributed by atoms with Crippen molar-refractivity contribution in [2.24, 2.45) is 0 Å². The Bertz CT molecular complexity index is 1260. The Morgan fingerprint density at radius 2 is 1.28 bits per heavy atom. The molecule has 0 saturated carbocycles. The van der Waals surface area contributed by atoms with E-state index in [-0.39, 0.29) is 22.8 Å². The highest BCUT2D eigenvalue weighted by atomic mass is 19.1. The van der Waals surface area contributed by atoms with Crippen LogP contribution >= 0.6 is 0 Å². The number of carbonyl (C=O) groups is 2. The van der Waals surface area contributed by atoms with Gasteiger partial charge in [0.05, 0.1) is 19.9 Å². The Hall–Kier alpha value is -4.26. The van der Waals surface area contributed by atoms with Crippen LogP contribution in [0.15, 0.2) is 78.9 Å². The molecule has 0 fully saturated rings. The van der Waals surface area contributed by atoms with Gasteiger partial charge < -0.3 is 9.47 Å². The number of methoxy groups -OCH3 is 2. The molecule has 0 aliphatic heterocycles. The zero-order valence-corrected chi connectivity index (χ0v) is 17.4. The van der Waals surface area contributed by atoms with E-state index in [0.29, 0.717) is 11.3 Å². The Labute approximate surface area is 183 Å². The summed E-state index contributed by atoms with van der Waals surface area (Å²) in [5, 5.41) is 4.57. The third-order valence-electron chi connectivity index (χ3n) is 4.99. The number of halogens is 1. The maximum atomic E-state index is 13.2. The van der Waals surface area contributed by atoms with E-state index in [9.17, 15) is 14.0 Å². The quantitative estimate of drug-likeness (QED) is 0.421. The van der Waals surface area contributed by atoms with E-state index in [1.165, 1.54) is 31.0 Å². The van der Waals surface area contributed by atoms with E-state index in [1.54, 1.807) is 48.5 Å². The first-order valence-electron chi connectivity index (χ1n) is 9.75. The van der Waals surface area contributed by atoms with Crippen LogP contribution < -0.4 is 0 Å². The Morgan fingerprint density at radius 1 is 0.750 bits per heavy atom. The molecule has 4 rings (SSSR count). The summed E-state index contributed by atoms with van der Waals surface area (Å²) < 4.78 is 24.5. The van der Waals surface area contributed by atoms with Crippen LogP contribution in [0, 0.1) is 5.82 Å². The first kappa shape index (κ1) is 21.0. The molecule has 160 valence electrons. The van der Waals surface area contributed by atoms with Crippen LogP contribution in [0.2, 0.25) is 0 Å². The molecule has 0 aliphatic rings. The van der Waals surface area contributed by atoms with Gasteiger partial charge in [0.1, 0.15) is 17.1 Å². The van der Waals surface area contributed by atoms with Gasteiger partial charge in [0.2, 0.25) is 0 Å². The summed E-state index contributed by atoms with van der Waals surface area (Å²) in [4.78, 5) is 25.3. The van der Waals surface area contributed by atoms with Gasteiger partial charge in [0, 0.05) is 5.56 Å². The second-order valence-corrected chi connectivity index (χ2v) is 6.89. The first-order valence-corrected chi connectivity index (χ1v) is 9.75. The summed E-state index contributed by atoms with van der Waals surface area (Å²) >= 11 is 0. The highest BCUT2D eigenvalue weighted by molar-refractivity contribution is 6.06. The number of ether oxygens (including phenoxy) is 2. The standard InChI is InChI=1S/C25H19FN2O4/c1-31-24(29)21-22(18-10-8-16(9-11-18)17-12-14-19(26)15-13-17)27-28(23(21)25(30)32-2)20-6-4-3-5-7-20/h3-15H,1-2H3. The zero-order valence-electron chi connectivity index (χ0n) is 17.4. The summed E-state index contributed by atoms with van der Waals surface area (Å²) in [6.07, 6.45) is 0. The minimum Gasteiger partial charge on any atom is -0.465 e. The molecule has 0 N–H and O–H groups in total. The van der Waals surface area contributed by atoms with Gasteiger partial charge in [-0.3, -0.25) is 0 Å². The monoisotopic (exact) mass is 430 g/mol. The van der Waals surface area contributed by atoms with Crippen molar-refractivity contribution in [2.45, 2.75) is 0 Å². The number of rotatable bonds is 5. The molecule has 0 saturated heterocycles. The molecule has 0 bridgehead atoms. The summed E-state index contributed by atoms with van der Waals surface area (Å²) in [5.74, 6) is -1.73. The lowest BCUT2D eigenvalue weighted by Gasteiger charge is -2.07. The molecule has 6 nitrogen and oxygen atoms in total. The molecule has 1 heterocycles. The van der Waals surface area contributed by atoms with Gasteiger partial charge in [-0.1, -0.05) is 54.6 Å². The maximum absolute atomic E-state index is 13.2. The Balaban J connectivity index is 1.88.